The lowest BCUT2D eigenvalue weighted by Gasteiger charge is -2.10. The highest BCUT2D eigenvalue weighted by atomic mass is 19.4. The minimum Gasteiger partial charge on any atom is -0.508 e. The Kier molecular flexibility index (Phi) is 3.61. The maximum absolute atomic E-state index is 12.4. The van der Waals surface area contributed by atoms with Gasteiger partial charge in [0.15, 0.2) is 0 Å². The van der Waals surface area contributed by atoms with E-state index in [4.69, 9.17) is 0 Å². The molecular formula is C15H13F3O2. The van der Waals surface area contributed by atoms with Crippen LogP contribution in [0.15, 0.2) is 36.4 Å². The smallest absolute Gasteiger partial charge is 0.416 e. The first-order chi connectivity index (χ1) is 9.27. The lowest BCUT2D eigenvalue weighted by Crippen LogP contribution is -2.04. The number of hydrogen-bond donors (Lipinski definition) is 2. The van der Waals surface area contributed by atoms with Gasteiger partial charge >= 0.3 is 6.18 Å². The third kappa shape index (κ3) is 3.04. The summed E-state index contributed by atoms with van der Waals surface area (Å²) in [5.41, 5.74) is 1.11. The molecule has 0 saturated heterocycles. The number of aromatic hydroxyl groups is 2. The summed E-state index contributed by atoms with van der Waals surface area (Å²) >= 11 is 0. The molecule has 0 aliphatic rings. The van der Waals surface area contributed by atoms with E-state index in [9.17, 15) is 23.4 Å². The predicted octanol–water partition coefficient (Wildman–Crippen LogP) is 4.02. The summed E-state index contributed by atoms with van der Waals surface area (Å²) < 4.78 is 37.3. The van der Waals surface area contributed by atoms with Crippen molar-refractivity contribution in [1.82, 2.24) is 0 Å². The summed E-state index contributed by atoms with van der Waals surface area (Å²) in [6, 6.07) is 7.63. The van der Waals surface area contributed by atoms with Crippen molar-refractivity contribution < 1.29 is 23.4 Å². The van der Waals surface area contributed by atoms with Gasteiger partial charge in [-0.15, -0.1) is 0 Å². The van der Waals surface area contributed by atoms with E-state index in [0.717, 1.165) is 12.1 Å². The van der Waals surface area contributed by atoms with Crippen molar-refractivity contribution in [3.63, 3.8) is 0 Å². The topological polar surface area (TPSA) is 40.5 Å². The second-order valence-corrected chi connectivity index (χ2v) is 4.64. The summed E-state index contributed by atoms with van der Waals surface area (Å²) in [6.07, 6.45) is -4.05. The molecule has 2 aromatic rings. The van der Waals surface area contributed by atoms with Crippen molar-refractivity contribution in [1.29, 1.82) is 0 Å². The maximum atomic E-state index is 12.4. The lowest BCUT2D eigenvalue weighted by molar-refractivity contribution is -0.137. The van der Waals surface area contributed by atoms with Crippen LogP contribution in [0.2, 0.25) is 0 Å². The van der Waals surface area contributed by atoms with Gasteiger partial charge in [-0.05, 0) is 41.8 Å². The zero-order chi connectivity index (χ0) is 14.9. The van der Waals surface area contributed by atoms with E-state index in [0.29, 0.717) is 23.1 Å². The molecule has 5 heteroatoms. The molecule has 0 bridgehead atoms. The van der Waals surface area contributed by atoms with E-state index in [2.05, 4.69) is 0 Å². The Labute approximate surface area is 114 Å². The fourth-order valence-electron chi connectivity index (χ4n) is 1.92. The van der Waals surface area contributed by atoms with E-state index in [1.807, 2.05) is 0 Å². The third-order valence-corrected chi connectivity index (χ3v) is 3.07. The SMILES string of the molecule is Cc1cc(Cc2ccc(C(F)(F)F)cc2)c(O)cc1O. The molecule has 0 spiro atoms. The van der Waals surface area contributed by atoms with Crippen LogP contribution in [-0.2, 0) is 12.6 Å². The van der Waals surface area contributed by atoms with E-state index in [1.165, 1.54) is 18.2 Å². The van der Waals surface area contributed by atoms with Crippen LogP contribution < -0.4 is 0 Å². The first-order valence-electron chi connectivity index (χ1n) is 5.95. The molecule has 0 fully saturated rings. The summed E-state index contributed by atoms with van der Waals surface area (Å²) in [4.78, 5) is 0. The fourth-order valence-corrected chi connectivity index (χ4v) is 1.92. The largest absolute Gasteiger partial charge is 0.508 e. The van der Waals surface area contributed by atoms with E-state index in [1.54, 1.807) is 13.0 Å². The number of phenols is 2. The Morgan fingerprint density at radius 2 is 1.55 bits per heavy atom. The summed E-state index contributed by atoms with van der Waals surface area (Å²) in [5.74, 6) is -0.0910. The van der Waals surface area contributed by atoms with Crippen LogP contribution in [0.1, 0.15) is 22.3 Å². The Morgan fingerprint density at radius 3 is 2.10 bits per heavy atom. The van der Waals surface area contributed by atoms with Crippen molar-refractivity contribution in [2.45, 2.75) is 19.5 Å². The minimum atomic E-state index is -4.35. The van der Waals surface area contributed by atoms with Crippen LogP contribution >= 0.6 is 0 Å². The number of alkyl halides is 3. The van der Waals surface area contributed by atoms with Gasteiger partial charge in [0, 0.05) is 12.5 Å². The van der Waals surface area contributed by atoms with Gasteiger partial charge in [-0.3, -0.25) is 0 Å². The highest BCUT2D eigenvalue weighted by molar-refractivity contribution is 5.46. The molecule has 0 saturated carbocycles. The Hall–Kier alpha value is -2.17. The average Bonchev–Trinajstić information content (AvgIpc) is 2.35. The zero-order valence-corrected chi connectivity index (χ0v) is 10.7. The second-order valence-electron chi connectivity index (χ2n) is 4.64. The highest BCUT2D eigenvalue weighted by Gasteiger charge is 2.29. The molecule has 0 aliphatic carbocycles. The average molecular weight is 282 g/mol. The van der Waals surface area contributed by atoms with Crippen LogP contribution in [-0.4, -0.2) is 10.2 Å². The molecule has 2 aromatic carbocycles. The number of halogens is 3. The third-order valence-electron chi connectivity index (χ3n) is 3.07. The molecule has 0 amide bonds. The summed E-state index contributed by atoms with van der Waals surface area (Å²) in [7, 11) is 0. The second kappa shape index (κ2) is 5.07. The molecule has 0 atom stereocenters. The van der Waals surface area contributed by atoms with Crippen LogP contribution in [0.3, 0.4) is 0 Å². The number of phenolic OH excluding ortho intramolecular Hbond substituents is 2. The van der Waals surface area contributed by atoms with Crippen molar-refractivity contribution in [2.75, 3.05) is 0 Å². The van der Waals surface area contributed by atoms with Crippen molar-refractivity contribution in [3.05, 3.63) is 58.7 Å². The van der Waals surface area contributed by atoms with Gasteiger partial charge in [0.1, 0.15) is 11.5 Å². The molecule has 0 aromatic heterocycles. The van der Waals surface area contributed by atoms with Crippen molar-refractivity contribution in [3.8, 4) is 11.5 Å². The summed E-state index contributed by atoms with van der Waals surface area (Å²) in [5, 5.41) is 19.2. The van der Waals surface area contributed by atoms with Crippen LogP contribution in [0.4, 0.5) is 13.2 Å². The van der Waals surface area contributed by atoms with Gasteiger partial charge in [0.05, 0.1) is 5.56 Å². The first kappa shape index (κ1) is 14.2. The maximum Gasteiger partial charge on any atom is 0.416 e. The number of aryl methyl sites for hydroxylation is 1. The monoisotopic (exact) mass is 282 g/mol. The van der Waals surface area contributed by atoms with Gasteiger partial charge in [0.25, 0.3) is 0 Å². The highest BCUT2D eigenvalue weighted by Crippen LogP contribution is 2.31. The Balaban J connectivity index is 2.25. The molecule has 0 aliphatic heterocycles. The fraction of sp³-hybridized carbons (Fsp3) is 0.200. The van der Waals surface area contributed by atoms with Crippen molar-refractivity contribution >= 4 is 0 Å². The Bertz CT molecular complexity index is 616. The van der Waals surface area contributed by atoms with E-state index in [-0.39, 0.29) is 11.5 Å². The number of benzene rings is 2. The van der Waals surface area contributed by atoms with Gasteiger partial charge in [0.2, 0.25) is 0 Å². The standard InChI is InChI=1S/C15H13F3O2/c1-9-6-11(14(20)8-13(9)19)7-10-2-4-12(5-3-10)15(16,17)18/h2-6,8,19-20H,7H2,1H3. The van der Waals surface area contributed by atoms with Gasteiger partial charge in [-0.25, -0.2) is 0 Å². The number of rotatable bonds is 2. The Morgan fingerprint density at radius 1 is 0.950 bits per heavy atom. The first-order valence-corrected chi connectivity index (χ1v) is 5.95. The molecule has 20 heavy (non-hydrogen) atoms. The molecule has 0 heterocycles. The summed E-state index contributed by atoms with van der Waals surface area (Å²) in [6.45, 7) is 1.69. The molecule has 106 valence electrons. The quantitative estimate of drug-likeness (QED) is 0.873. The van der Waals surface area contributed by atoms with Gasteiger partial charge in [-0.2, -0.15) is 13.2 Å². The van der Waals surface area contributed by atoms with E-state index >= 15 is 0 Å². The lowest BCUT2D eigenvalue weighted by atomic mass is 10.0. The van der Waals surface area contributed by atoms with E-state index < -0.39 is 11.7 Å². The molecule has 0 unspecified atom stereocenters. The normalized spacial score (nSPS) is 11.6. The van der Waals surface area contributed by atoms with Crippen LogP contribution in [0, 0.1) is 6.92 Å². The minimum absolute atomic E-state index is 0.0151. The molecule has 2 nitrogen and oxygen atoms in total. The van der Waals surface area contributed by atoms with Crippen LogP contribution in [0.25, 0.3) is 0 Å². The van der Waals surface area contributed by atoms with Crippen molar-refractivity contribution in [2.24, 2.45) is 0 Å². The van der Waals surface area contributed by atoms with Crippen LogP contribution in [0.5, 0.6) is 11.5 Å². The van der Waals surface area contributed by atoms with Gasteiger partial charge in [-0.1, -0.05) is 12.1 Å². The molecular weight excluding hydrogens is 269 g/mol. The predicted molar refractivity (Wildman–Crippen MR) is 68.8 cm³/mol. The number of hydrogen-bond acceptors (Lipinski definition) is 2. The molecule has 2 rings (SSSR count). The molecule has 2 N–H and O–H groups in total. The van der Waals surface area contributed by atoms with Gasteiger partial charge < -0.3 is 10.2 Å². The molecule has 0 radical (unpaired) electrons. The zero-order valence-electron chi connectivity index (χ0n) is 10.7.